The number of nitrogens with zero attached hydrogens (tertiary/aromatic N) is 2. The van der Waals surface area contributed by atoms with E-state index in [1.165, 1.54) is 0 Å². The number of anilines is 1. The summed E-state index contributed by atoms with van der Waals surface area (Å²) < 4.78 is 0. The minimum absolute atomic E-state index is 0.155. The molecule has 0 saturated carbocycles. The van der Waals surface area contributed by atoms with Crippen LogP contribution in [0.4, 0.5) is 5.69 Å². The molecule has 1 N–H and O–H groups in total. The van der Waals surface area contributed by atoms with E-state index in [1.807, 2.05) is 38.1 Å². The molecule has 1 aromatic heterocycles. The van der Waals surface area contributed by atoms with Gasteiger partial charge in [-0.25, -0.2) is 0 Å². The third-order valence-electron chi connectivity index (χ3n) is 3.39. The summed E-state index contributed by atoms with van der Waals surface area (Å²) in [6.07, 6.45) is 0.529. The van der Waals surface area contributed by atoms with Crippen LogP contribution in [0.5, 0.6) is 0 Å². The number of aromatic nitrogens is 1. The number of benzene rings is 1. The van der Waals surface area contributed by atoms with Crippen molar-refractivity contribution < 1.29 is 4.79 Å². The van der Waals surface area contributed by atoms with Gasteiger partial charge in [0.15, 0.2) is 0 Å². The zero-order valence-electron chi connectivity index (χ0n) is 11.4. The van der Waals surface area contributed by atoms with Gasteiger partial charge >= 0.3 is 0 Å². The summed E-state index contributed by atoms with van der Waals surface area (Å²) in [7, 11) is 1.73. The first-order valence-electron chi connectivity index (χ1n) is 6.34. The Bertz CT molecular complexity index is 651. The first kappa shape index (κ1) is 13.2. The largest absolute Gasteiger partial charge is 0.357 e. The van der Waals surface area contributed by atoms with Gasteiger partial charge in [-0.1, -0.05) is 25.1 Å². The van der Waals surface area contributed by atoms with Gasteiger partial charge in [-0.3, -0.25) is 4.79 Å². The molecule has 0 aliphatic carbocycles. The molecule has 1 amide bonds. The van der Waals surface area contributed by atoms with Gasteiger partial charge in [0.05, 0.1) is 11.8 Å². The van der Waals surface area contributed by atoms with E-state index in [2.05, 4.69) is 11.1 Å². The lowest BCUT2D eigenvalue weighted by Gasteiger charge is -2.20. The predicted octanol–water partition coefficient (Wildman–Crippen LogP) is 2.99. The maximum atomic E-state index is 12.3. The molecule has 2 aromatic rings. The van der Waals surface area contributed by atoms with Crippen molar-refractivity contribution in [2.24, 2.45) is 5.92 Å². The van der Waals surface area contributed by atoms with Crippen molar-refractivity contribution in [2.75, 3.05) is 11.9 Å². The standard InChI is InChI=1S/C15H17N3O/c1-4-11(9-16)15(19)18(3)14-10(2)17-13-8-6-5-7-12(13)14/h5-8,11,17H,4H2,1-3H3. The smallest absolute Gasteiger partial charge is 0.244 e. The normalized spacial score (nSPS) is 12.1. The molecule has 0 aliphatic heterocycles. The number of para-hydroxylation sites is 1. The molecule has 1 atom stereocenters. The van der Waals surface area contributed by atoms with Crippen molar-refractivity contribution in [3.8, 4) is 6.07 Å². The van der Waals surface area contributed by atoms with Crippen LogP contribution in [-0.2, 0) is 4.79 Å². The predicted molar refractivity (Wildman–Crippen MR) is 75.8 cm³/mol. The summed E-state index contributed by atoms with van der Waals surface area (Å²) in [4.78, 5) is 17.1. The molecule has 1 unspecified atom stereocenters. The minimum atomic E-state index is -0.585. The van der Waals surface area contributed by atoms with E-state index in [9.17, 15) is 4.79 Å². The molecular formula is C15H17N3O. The summed E-state index contributed by atoms with van der Waals surface area (Å²) in [6, 6.07) is 9.91. The number of nitriles is 1. The fourth-order valence-electron chi connectivity index (χ4n) is 2.36. The van der Waals surface area contributed by atoms with Crippen molar-refractivity contribution in [3.05, 3.63) is 30.0 Å². The molecule has 4 heteroatoms. The summed E-state index contributed by atoms with van der Waals surface area (Å²) >= 11 is 0. The van der Waals surface area contributed by atoms with Crippen molar-refractivity contribution in [1.82, 2.24) is 4.98 Å². The third-order valence-corrected chi connectivity index (χ3v) is 3.39. The maximum absolute atomic E-state index is 12.3. The first-order chi connectivity index (χ1) is 9.10. The van der Waals surface area contributed by atoms with Crippen molar-refractivity contribution in [1.29, 1.82) is 5.26 Å². The highest BCUT2D eigenvalue weighted by Crippen LogP contribution is 2.30. The zero-order chi connectivity index (χ0) is 14.0. The molecule has 1 aromatic carbocycles. The second kappa shape index (κ2) is 5.15. The van der Waals surface area contributed by atoms with Gasteiger partial charge in [0.1, 0.15) is 5.92 Å². The molecule has 1 heterocycles. The zero-order valence-corrected chi connectivity index (χ0v) is 11.4. The number of H-pyrrole nitrogens is 1. The van der Waals surface area contributed by atoms with E-state index >= 15 is 0 Å². The number of carbonyl (C=O) groups excluding carboxylic acids is 1. The third kappa shape index (κ3) is 2.19. The molecular weight excluding hydrogens is 238 g/mol. The summed E-state index contributed by atoms with van der Waals surface area (Å²) in [5.74, 6) is -0.740. The van der Waals surface area contributed by atoms with Crippen LogP contribution in [-0.4, -0.2) is 17.9 Å². The summed E-state index contributed by atoms with van der Waals surface area (Å²) in [5, 5.41) is 10.0. The Hall–Kier alpha value is -2.28. The van der Waals surface area contributed by atoms with Gasteiger partial charge in [-0.2, -0.15) is 5.26 Å². The number of hydrogen-bond donors (Lipinski definition) is 1. The Morgan fingerprint density at radius 2 is 2.16 bits per heavy atom. The lowest BCUT2D eigenvalue weighted by Crippen LogP contribution is -2.32. The molecule has 4 nitrogen and oxygen atoms in total. The second-order valence-electron chi connectivity index (χ2n) is 4.63. The van der Waals surface area contributed by atoms with Gasteiger partial charge in [-0.15, -0.1) is 0 Å². The van der Waals surface area contributed by atoms with Crippen molar-refractivity contribution in [2.45, 2.75) is 20.3 Å². The maximum Gasteiger partial charge on any atom is 0.244 e. The molecule has 0 radical (unpaired) electrons. The Morgan fingerprint density at radius 3 is 2.79 bits per heavy atom. The van der Waals surface area contributed by atoms with E-state index in [-0.39, 0.29) is 5.91 Å². The molecule has 0 aliphatic rings. The van der Waals surface area contributed by atoms with E-state index in [0.29, 0.717) is 6.42 Å². The van der Waals surface area contributed by atoms with E-state index in [4.69, 9.17) is 5.26 Å². The Kier molecular flexibility index (Phi) is 3.57. The highest BCUT2D eigenvalue weighted by molar-refractivity contribution is 6.05. The fourth-order valence-corrected chi connectivity index (χ4v) is 2.36. The average Bonchev–Trinajstić information content (AvgIpc) is 2.75. The van der Waals surface area contributed by atoms with Crippen LogP contribution in [0.15, 0.2) is 24.3 Å². The SMILES string of the molecule is CCC(C#N)C(=O)N(C)c1c(C)[nH]c2ccccc12. The van der Waals surface area contributed by atoms with Gasteiger partial charge in [0.25, 0.3) is 0 Å². The van der Waals surface area contributed by atoms with E-state index in [1.54, 1.807) is 11.9 Å². The molecule has 19 heavy (non-hydrogen) atoms. The molecule has 98 valence electrons. The molecule has 0 saturated heterocycles. The fraction of sp³-hybridized carbons (Fsp3) is 0.333. The number of amides is 1. The van der Waals surface area contributed by atoms with Crippen molar-refractivity contribution in [3.63, 3.8) is 0 Å². The number of hydrogen-bond acceptors (Lipinski definition) is 2. The second-order valence-corrected chi connectivity index (χ2v) is 4.63. The Labute approximate surface area is 112 Å². The molecule has 2 rings (SSSR count). The van der Waals surface area contributed by atoms with Gasteiger partial charge in [0.2, 0.25) is 5.91 Å². The summed E-state index contributed by atoms with van der Waals surface area (Å²) in [6.45, 7) is 3.79. The van der Waals surface area contributed by atoms with E-state index < -0.39 is 5.92 Å². The molecule has 0 fully saturated rings. The quantitative estimate of drug-likeness (QED) is 0.916. The van der Waals surface area contributed by atoms with Crippen LogP contribution < -0.4 is 4.90 Å². The van der Waals surface area contributed by atoms with Crippen LogP contribution in [0.2, 0.25) is 0 Å². The van der Waals surface area contributed by atoms with Crippen LogP contribution in [0.1, 0.15) is 19.0 Å². The Morgan fingerprint density at radius 1 is 1.47 bits per heavy atom. The van der Waals surface area contributed by atoms with Crippen LogP contribution >= 0.6 is 0 Å². The van der Waals surface area contributed by atoms with Crippen LogP contribution in [0, 0.1) is 24.2 Å². The topological polar surface area (TPSA) is 59.9 Å². The monoisotopic (exact) mass is 255 g/mol. The van der Waals surface area contributed by atoms with E-state index in [0.717, 1.165) is 22.3 Å². The Balaban J connectivity index is 2.47. The van der Waals surface area contributed by atoms with Crippen LogP contribution in [0.25, 0.3) is 10.9 Å². The van der Waals surface area contributed by atoms with Crippen LogP contribution in [0.3, 0.4) is 0 Å². The first-order valence-corrected chi connectivity index (χ1v) is 6.34. The highest BCUT2D eigenvalue weighted by atomic mass is 16.2. The lowest BCUT2D eigenvalue weighted by molar-refractivity contribution is -0.120. The molecule has 0 spiro atoms. The number of aromatic amines is 1. The lowest BCUT2D eigenvalue weighted by atomic mass is 10.1. The molecule has 0 bridgehead atoms. The number of carbonyl (C=O) groups is 1. The van der Waals surface area contributed by atoms with Crippen molar-refractivity contribution >= 4 is 22.5 Å². The van der Waals surface area contributed by atoms with Gasteiger partial charge in [0, 0.05) is 23.6 Å². The highest BCUT2D eigenvalue weighted by Gasteiger charge is 2.24. The van der Waals surface area contributed by atoms with Gasteiger partial charge in [-0.05, 0) is 19.4 Å². The number of aryl methyl sites for hydroxylation is 1. The minimum Gasteiger partial charge on any atom is -0.357 e. The number of rotatable bonds is 3. The number of nitrogens with one attached hydrogen (secondary N) is 1. The summed E-state index contributed by atoms with van der Waals surface area (Å²) in [5.41, 5.74) is 2.79. The number of fused-ring (bicyclic) bond motifs is 1. The average molecular weight is 255 g/mol. The van der Waals surface area contributed by atoms with Gasteiger partial charge < -0.3 is 9.88 Å².